The summed E-state index contributed by atoms with van der Waals surface area (Å²) in [6, 6.07) is -0.204. The predicted molar refractivity (Wildman–Crippen MR) is 68.4 cm³/mol. The first-order chi connectivity index (χ1) is 8.74. The maximum atomic E-state index is 11.5. The van der Waals surface area contributed by atoms with E-state index in [2.05, 4.69) is 15.7 Å². The van der Waals surface area contributed by atoms with Crippen molar-refractivity contribution in [2.24, 2.45) is 13.0 Å². The molecule has 0 aliphatic heterocycles. The van der Waals surface area contributed by atoms with Crippen LogP contribution in [0.25, 0.3) is 0 Å². The van der Waals surface area contributed by atoms with Crippen molar-refractivity contribution < 1.29 is 9.53 Å². The van der Waals surface area contributed by atoms with Crippen molar-refractivity contribution >= 4 is 11.7 Å². The van der Waals surface area contributed by atoms with Gasteiger partial charge in [0, 0.05) is 33.0 Å². The van der Waals surface area contributed by atoms with Gasteiger partial charge in [0.2, 0.25) is 0 Å². The number of rotatable bonds is 7. The number of hydrogen-bond donors (Lipinski definition) is 2. The smallest absolute Gasteiger partial charge is 0.319 e. The number of hydrogen-bond acceptors (Lipinski definition) is 3. The fourth-order valence-electron chi connectivity index (χ4n) is 1.57. The summed E-state index contributed by atoms with van der Waals surface area (Å²) in [6.45, 7) is 2.21. The highest BCUT2D eigenvalue weighted by molar-refractivity contribution is 5.88. The molecule has 2 amide bonds. The third-order valence-corrected chi connectivity index (χ3v) is 2.76. The second kappa shape index (κ2) is 6.39. The standard InChI is InChI=1S/C12H20N4O2/c1-16-8-11(7-14-16)15-12(17)13-5-2-6-18-9-10-3-4-10/h7-8,10H,2-6,9H2,1H3,(H2,13,15,17). The lowest BCUT2D eigenvalue weighted by molar-refractivity contribution is 0.122. The number of nitrogens with one attached hydrogen (secondary N) is 2. The van der Waals surface area contributed by atoms with Crippen LogP contribution >= 0.6 is 0 Å². The number of nitrogens with zero attached hydrogens (tertiary/aromatic N) is 2. The van der Waals surface area contributed by atoms with Gasteiger partial charge in [0.25, 0.3) is 0 Å². The molecule has 1 saturated carbocycles. The van der Waals surface area contributed by atoms with Crippen LogP contribution in [0.2, 0.25) is 0 Å². The van der Waals surface area contributed by atoms with E-state index in [1.165, 1.54) is 12.8 Å². The zero-order chi connectivity index (χ0) is 12.8. The van der Waals surface area contributed by atoms with Gasteiger partial charge in [0.05, 0.1) is 11.9 Å². The minimum absolute atomic E-state index is 0.204. The number of anilines is 1. The Labute approximate surface area is 107 Å². The van der Waals surface area contributed by atoms with Gasteiger partial charge >= 0.3 is 6.03 Å². The summed E-state index contributed by atoms with van der Waals surface area (Å²) in [4.78, 5) is 11.5. The number of amides is 2. The highest BCUT2D eigenvalue weighted by atomic mass is 16.5. The van der Waals surface area contributed by atoms with Crippen molar-refractivity contribution in [1.29, 1.82) is 0 Å². The number of carbonyl (C=O) groups is 1. The van der Waals surface area contributed by atoms with Gasteiger partial charge in [-0.05, 0) is 25.2 Å². The van der Waals surface area contributed by atoms with E-state index in [1.807, 2.05) is 0 Å². The van der Waals surface area contributed by atoms with Crippen molar-refractivity contribution in [2.45, 2.75) is 19.3 Å². The molecule has 2 N–H and O–H groups in total. The van der Waals surface area contributed by atoms with E-state index in [0.29, 0.717) is 18.8 Å². The van der Waals surface area contributed by atoms with E-state index in [0.717, 1.165) is 18.9 Å². The molecule has 1 aromatic rings. The lowest BCUT2D eigenvalue weighted by Crippen LogP contribution is -2.30. The minimum atomic E-state index is -0.204. The van der Waals surface area contributed by atoms with Crippen LogP contribution in [0, 0.1) is 5.92 Å². The van der Waals surface area contributed by atoms with Crippen LogP contribution in [0.3, 0.4) is 0 Å². The van der Waals surface area contributed by atoms with Crippen molar-refractivity contribution in [3.8, 4) is 0 Å². The van der Waals surface area contributed by atoms with Crippen molar-refractivity contribution in [3.05, 3.63) is 12.4 Å². The molecule has 100 valence electrons. The van der Waals surface area contributed by atoms with Crippen LogP contribution in [0.4, 0.5) is 10.5 Å². The molecular weight excluding hydrogens is 232 g/mol. The van der Waals surface area contributed by atoms with Crippen LogP contribution < -0.4 is 10.6 Å². The van der Waals surface area contributed by atoms with E-state index in [1.54, 1.807) is 24.1 Å². The Morgan fingerprint density at radius 3 is 3.11 bits per heavy atom. The second-order valence-corrected chi connectivity index (χ2v) is 4.66. The Morgan fingerprint density at radius 1 is 1.61 bits per heavy atom. The molecule has 6 nitrogen and oxygen atoms in total. The topological polar surface area (TPSA) is 68.2 Å². The fraction of sp³-hybridized carbons (Fsp3) is 0.667. The monoisotopic (exact) mass is 252 g/mol. The quantitative estimate of drug-likeness (QED) is 0.720. The zero-order valence-corrected chi connectivity index (χ0v) is 10.7. The maximum absolute atomic E-state index is 11.5. The van der Waals surface area contributed by atoms with Crippen LogP contribution in [0.1, 0.15) is 19.3 Å². The Morgan fingerprint density at radius 2 is 2.44 bits per heavy atom. The number of aryl methyl sites for hydroxylation is 1. The lowest BCUT2D eigenvalue weighted by atomic mass is 10.4. The van der Waals surface area contributed by atoms with E-state index < -0.39 is 0 Å². The average Bonchev–Trinajstić information content (AvgIpc) is 3.07. The Balaban J connectivity index is 1.48. The summed E-state index contributed by atoms with van der Waals surface area (Å²) in [6.07, 6.45) is 6.82. The van der Waals surface area contributed by atoms with Gasteiger partial charge in [-0.1, -0.05) is 0 Å². The number of carbonyl (C=O) groups excluding carboxylic acids is 1. The van der Waals surface area contributed by atoms with Gasteiger partial charge in [-0.3, -0.25) is 4.68 Å². The summed E-state index contributed by atoms with van der Waals surface area (Å²) in [7, 11) is 1.81. The largest absolute Gasteiger partial charge is 0.381 e. The van der Waals surface area contributed by atoms with Crippen molar-refractivity contribution in [2.75, 3.05) is 25.1 Å². The third kappa shape index (κ3) is 4.75. The van der Waals surface area contributed by atoms with E-state index in [4.69, 9.17) is 4.74 Å². The first-order valence-corrected chi connectivity index (χ1v) is 6.35. The summed E-state index contributed by atoms with van der Waals surface area (Å²) >= 11 is 0. The molecule has 6 heteroatoms. The van der Waals surface area contributed by atoms with Crippen LogP contribution in [0.5, 0.6) is 0 Å². The van der Waals surface area contributed by atoms with E-state index in [-0.39, 0.29) is 6.03 Å². The fourth-order valence-corrected chi connectivity index (χ4v) is 1.57. The normalized spacial score (nSPS) is 14.5. The first kappa shape index (κ1) is 12.9. The average molecular weight is 252 g/mol. The van der Waals surface area contributed by atoms with Gasteiger partial charge in [0.15, 0.2) is 0 Å². The molecule has 0 spiro atoms. The van der Waals surface area contributed by atoms with Gasteiger partial charge in [-0.25, -0.2) is 4.79 Å². The molecule has 1 aliphatic carbocycles. The third-order valence-electron chi connectivity index (χ3n) is 2.76. The molecule has 1 aliphatic rings. The molecule has 2 rings (SSSR count). The van der Waals surface area contributed by atoms with Crippen LogP contribution in [0.15, 0.2) is 12.4 Å². The molecule has 18 heavy (non-hydrogen) atoms. The summed E-state index contributed by atoms with van der Waals surface area (Å²) in [5, 5.41) is 9.45. The SMILES string of the molecule is Cn1cc(NC(=O)NCCCOCC2CC2)cn1. The van der Waals surface area contributed by atoms with Crippen molar-refractivity contribution in [3.63, 3.8) is 0 Å². The molecule has 0 atom stereocenters. The molecule has 1 heterocycles. The highest BCUT2D eigenvalue weighted by Gasteiger charge is 2.20. The number of urea groups is 1. The number of ether oxygens (including phenoxy) is 1. The molecule has 0 radical (unpaired) electrons. The van der Waals surface area contributed by atoms with E-state index >= 15 is 0 Å². The molecule has 1 fully saturated rings. The molecule has 0 unspecified atom stereocenters. The van der Waals surface area contributed by atoms with Gasteiger partial charge in [-0.15, -0.1) is 0 Å². The first-order valence-electron chi connectivity index (χ1n) is 6.35. The molecular formula is C12H20N4O2. The van der Waals surface area contributed by atoms with E-state index in [9.17, 15) is 4.79 Å². The molecule has 0 bridgehead atoms. The zero-order valence-electron chi connectivity index (χ0n) is 10.7. The summed E-state index contributed by atoms with van der Waals surface area (Å²) < 4.78 is 7.12. The van der Waals surface area contributed by atoms with Gasteiger partial charge in [0.1, 0.15) is 0 Å². The minimum Gasteiger partial charge on any atom is -0.381 e. The molecule has 0 aromatic carbocycles. The number of aromatic nitrogens is 2. The maximum Gasteiger partial charge on any atom is 0.319 e. The lowest BCUT2D eigenvalue weighted by Gasteiger charge is -2.06. The van der Waals surface area contributed by atoms with Crippen LogP contribution in [-0.2, 0) is 11.8 Å². The molecule has 1 aromatic heterocycles. The predicted octanol–water partition coefficient (Wildman–Crippen LogP) is 1.36. The second-order valence-electron chi connectivity index (χ2n) is 4.66. The molecule has 0 saturated heterocycles. The highest BCUT2D eigenvalue weighted by Crippen LogP contribution is 2.28. The Bertz CT molecular complexity index is 387. The van der Waals surface area contributed by atoms with Gasteiger partial charge < -0.3 is 15.4 Å². The van der Waals surface area contributed by atoms with Crippen molar-refractivity contribution in [1.82, 2.24) is 15.1 Å². The van der Waals surface area contributed by atoms with Crippen LogP contribution in [-0.4, -0.2) is 35.6 Å². The Hall–Kier alpha value is -1.56. The summed E-state index contributed by atoms with van der Waals surface area (Å²) in [5.74, 6) is 0.798. The van der Waals surface area contributed by atoms with Gasteiger partial charge in [-0.2, -0.15) is 5.10 Å². The Kier molecular flexibility index (Phi) is 4.58. The summed E-state index contributed by atoms with van der Waals surface area (Å²) in [5.41, 5.74) is 0.694.